The molecule has 1 fully saturated rings. The van der Waals surface area contributed by atoms with Crippen LogP contribution in [0.3, 0.4) is 0 Å². The molecule has 1 aliphatic heterocycles. The first-order valence-electron chi connectivity index (χ1n) is 9.29. The SMILES string of the molecule is O=C(CN1CCC(c2nnc(-c3ccco3)o2)CC1)NCc1ccccc1Cl. The summed E-state index contributed by atoms with van der Waals surface area (Å²) in [5, 5.41) is 11.8. The topological polar surface area (TPSA) is 84.4 Å². The van der Waals surface area contributed by atoms with Crippen molar-refractivity contribution in [3.05, 3.63) is 59.1 Å². The third kappa shape index (κ3) is 4.43. The van der Waals surface area contributed by atoms with Crippen LogP contribution in [0.1, 0.15) is 30.2 Å². The van der Waals surface area contributed by atoms with Gasteiger partial charge >= 0.3 is 0 Å². The zero-order valence-corrected chi connectivity index (χ0v) is 16.1. The summed E-state index contributed by atoms with van der Waals surface area (Å²) < 4.78 is 11.0. The van der Waals surface area contributed by atoms with Crippen molar-refractivity contribution in [2.75, 3.05) is 19.6 Å². The van der Waals surface area contributed by atoms with Crippen LogP contribution in [0.2, 0.25) is 5.02 Å². The Hall–Kier alpha value is -2.64. The van der Waals surface area contributed by atoms with Crippen molar-refractivity contribution < 1.29 is 13.6 Å². The predicted molar refractivity (Wildman–Crippen MR) is 104 cm³/mol. The Morgan fingerprint density at radius 2 is 2.00 bits per heavy atom. The smallest absolute Gasteiger partial charge is 0.283 e. The van der Waals surface area contributed by atoms with Crippen LogP contribution in [-0.4, -0.2) is 40.6 Å². The van der Waals surface area contributed by atoms with Gasteiger partial charge in [-0.25, -0.2) is 0 Å². The summed E-state index contributed by atoms with van der Waals surface area (Å²) in [4.78, 5) is 14.4. The quantitative estimate of drug-likeness (QED) is 0.681. The van der Waals surface area contributed by atoms with Crippen molar-refractivity contribution in [1.82, 2.24) is 20.4 Å². The Kier molecular flexibility index (Phi) is 5.73. The molecule has 0 atom stereocenters. The Morgan fingerprint density at radius 3 is 2.75 bits per heavy atom. The van der Waals surface area contributed by atoms with E-state index in [0.29, 0.717) is 35.7 Å². The van der Waals surface area contributed by atoms with Crippen LogP contribution < -0.4 is 5.32 Å². The highest BCUT2D eigenvalue weighted by Crippen LogP contribution is 2.29. The minimum Gasteiger partial charge on any atom is -0.459 e. The van der Waals surface area contributed by atoms with Crippen LogP contribution >= 0.6 is 11.6 Å². The fourth-order valence-corrected chi connectivity index (χ4v) is 3.53. The van der Waals surface area contributed by atoms with E-state index in [0.717, 1.165) is 31.5 Å². The average molecular weight is 401 g/mol. The molecule has 28 heavy (non-hydrogen) atoms. The third-order valence-electron chi connectivity index (χ3n) is 4.91. The molecule has 0 bridgehead atoms. The number of hydrogen-bond acceptors (Lipinski definition) is 6. The molecule has 0 radical (unpaired) electrons. The zero-order chi connectivity index (χ0) is 19.3. The van der Waals surface area contributed by atoms with Crippen LogP contribution in [-0.2, 0) is 11.3 Å². The predicted octanol–water partition coefficient (Wildman–Crippen LogP) is 3.48. The number of nitrogens with one attached hydrogen (secondary N) is 1. The molecule has 8 heteroatoms. The van der Waals surface area contributed by atoms with Crippen molar-refractivity contribution in [2.45, 2.75) is 25.3 Å². The summed E-state index contributed by atoms with van der Waals surface area (Å²) in [6.07, 6.45) is 3.32. The lowest BCUT2D eigenvalue weighted by molar-refractivity contribution is -0.122. The van der Waals surface area contributed by atoms with E-state index < -0.39 is 0 Å². The number of likely N-dealkylation sites (tertiary alicyclic amines) is 1. The van der Waals surface area contributed by atoms with Gasteiger partial charge in [0.2, 0.25) is 11.8 Å². The Balaban J connectivity index is 1.24. The van der Waals surface area contributed by atoms with Crippen LogP contribution in [0, 0.1) is 0 Å². The van der Waals surface area contributed by atoms with Gasteiger partial charge in [0.25, 0.3) is 5.89 Å². The molecule has 1 aliphatic rings. The number of amides is 1. The van der Waals surface area contributed by atoms with Gasteiger partial charge in [-0.3, -0.25) is 9.69 Å². The number of benzene rings is 1. The Bertz CT molecular complexity index is 917. The molecule has 4 rings (SSSR count). The summed E-state index contributed by atoms with van der Waals surface area (Å²) in [6.45, 7) is 2.43. The summed E-state index contributed by atoms with van der Waals surface area (Å²) in [6, 6.07) is 11.1. The minimum absolute atomic E-state index is 0.00346. The van der Waals surface area contributed by atoms with Gasteiger partial charge in [0.05, 0.1) is 12.8 Å². The lowest BCUT2D eigenvalue weighted by atomic mass is 9.97. The summed E-state index contributed by atoms with van der Waals surface area (Å²) in [5.41, 5.74) is 0.917. The van der Waals surface area contributed by atoms with Gasteiger partial charge in [0.1, 0.15) is 0 Å². The molecule has 1 N–H and O–H groups in total. The molecular formula is C20H21ClN4O3. The number of aromatic nitrogens is 2. The molecule has 1 aromatic carbocycles. The number of furan rings is 1. The summed E-state index contributed by atoms with van der Waals surface area (Å²) in [5.74, 6) is 1.82. The van der Waals surface area contributed by atoms with Gasteiger partial charge < -0.3 is 14.2 Å². The molecule has 3 aromatic rings. The van der Waals surface area contributed by atoms with Crippen molar-refractivity contribution in [2.24, 2.45) is 0 Å². The molecule has 1 saturated heterocycles. The van der Waals surface area contributed by atoms with E-state index in [1.807, 2.05) is 24.3 Å². The van der Waals surface area contributed by atoms with E-state index in [-0.39, 0.29) is 11.8 Å². The second kappa shape index (κ2) is 8.58. The van der Waals surface area contributed by atoms with E-state index in [9.17, 15) is 4.79 Å². The standard InChI is InChI=1S/C20H21ClN4O3/c21-16-5-2-1-4-15(16)12-22-18(26)13-25-9-7-14(8-10-25)19-23-24-20(28-19)17-6-3-11-27-17/h1-6,11,14H,7-10,12-13H2,(H,22,26). The molecule has 3 heterocycles. The first-order chi connectivity index (χ1) is 13.7. The van der Waals surface area contributed by atoms with E-state index in [4.69, 9.17) is 20.4 Å². The number of piperidine rings is 1. The van der Waals surface area contributed by atoms with Crippen molar-refractivity contribution in [3.63, 3.8) is 0 Å². The maximum absolute atomic E-state index is 12.2. The number of carbonyl (C=O) groups is 1. The van der Waals surface area contributed by atoms with Crippen molar-refractivity contribution in [1.29, 1.82) is 0 Å². The first-order valence-corrected chi connectivity index (χ1v) is 9.66. The van der Waals surface area contributed by atoms with Crippen LogP contribution in [0.25, 0.3) is 11.7 Å². The van der Waals surface area contributed by atoms with Crippen LogP contribution in [0.15, 0.2) is 51.5 Å². The summed E-state index contributed by atoms with van der Waals surface area (Å²) >= 11 is 6.12. The van der Waals surface area contributed by atoms with Gasteiger partial charge in [-0.05, 0) is 49.7 Å². The van der Waals surface area contributed by atoms with Crippen LogP contribution in [0.4, 0.5) is 0 Å². The molecule has 0 saturated carbocycles. The average Bonchev–Trinajstić information content (AvgIpc) is 3.40. The number of halogens is 1. The molecule has 0 aliphatic carbocycles. The highest BCUT2D eigenvalue weighted by atomic mass is 35.5. The summed E-state index contributed by atoms with van der Waals surface area (Å²) in [7, 11) is 0. The van der Waals surface area contributed by atoms with Crippen molar-refractivity contribution >= 4 is 17.5 Å². The normalized spacial score (nSPS) is 15.6. The number of carbonyl (C=O) groups excluding carboxylic acids is 1. The van der Waals surface area contributed by atoms with E-state index in [1.165, 1.54) is 0 Å². The molecule has 146 valence electrons. The van der Waals surface area contributed by atoms with Crippen molar-refractivity contribution in [3.8, 4) is 11.7 Å². The highest BCUT2D eigenvalue weighted by Gasteiger charge is 2.26. The lowest BCUT2D eigenvalue weighted by Crippen LogP contribution is -2.41. The fraction of sp³-hybridized carbons (Fsp3) is 0.350. The Morgan fingerprint density at radius 1 is 1.18 bits per heavy atom. The number of rotatable bonds is 6. The fourth-order valence-electron chi connectivity index (χ4n) is 3.33. The Labute approximate surface area is 167 Å². The highest BCUT2D eigenvalue weighted by molar-refractivity contribution is 6.31. The molecule has 1 amide bonds. The van der Waals surface area contributed by atoms with Gasteiger partial charge in [0.15, 0.2) is 5.76 Å². The number of nitrogens with zero attached hydrogens (tertiary/aromatic N) is 3. The first kappa shape index (κ1) is 18.7. The van der Waals surface area contributed by atoms with Crippen LogP contribution in [0.5, 0.6) is 0 Å². The van der Waals surface area contributed by atoms with E-state index >= 15 is 0 Å². The zero-order valence-electron chi connectivity index (χ0n) is 15.3. The largest absolute Gasteiger partial charge is 0.459 e. The second-order valence-electron chi connectivity index (χ2n) is 6.84. The van der Waals surface area contributed by atoms with Gasteiger partial charge in [-0.1, -0.05) is 29.8 Å². The molecule has 0 unspecified atom stereocenters. The minimum atomic E-state index is -0.00346. The molecule has 7 nitrogen and oxygen atoms in total. The second-order valence-corrected chi connectivity index (χ2v) is 7.25. The maximum atomic E-state index is 12.2. The van der Waals surface area contributed by atoms with Gasteiger partial charge in [-0.15, -0.1) is 10.2 Å². The van der Waals surface area contributed by atoms with Gasteiger partial charge in [-0.2, -0.15) is 0 Å². The third-order valence-corrected chi connectivity index (χ3v) is 5.28. The van der Waals surface area contributed by atoms with E-state index in [1.54, 1.807) is 18.4 Å². The van der Waals surface area contributed by atoms with E-state index in [2.05, 4.69) is 20.4 Å². The lowest BCUT2D eigenvalue weighted by Gasteiger charge is -2.29. The maximum Gasteiger partial charge on any atom is 0.283 e. The monoisotopic (exact) mass is 400 g/mol. The number of hydrogen-bond donors (Lipinski definition) is 1. The van der Waals surface area contributed by atoms with Gasteiger partial charge in [0, 0.05) is 17.5 Å². The molecule has 0 spiro atoms. The molecular weight excluding hydrogens is 380 g/mol. The molecule has 2 aromatic heterocycles.